The smallest absolute Gasteiger partial charge is 0.296 e. The van der Waals surface area contributed by atoms with E-state index in [1.165, 1.54) is 6.20 Å². The molecule has 0 unspecified atom stereocenters. The lowest BCUT2D eigenvalue weighted by atomic mass is 10.1. The van der Waals surface area contributed by atoms with Crippen LogP contribution in [-0.4, -0.2) is 20.3 Å². The van der Waals surface area contributed by atoms with Crippen LogP contribution < -0.4 is 10.9 Å². The first kappa shape index (κ1) is 10.7. The molecule has 0 amide bonds. The molecular formula is C13H11N3O2. The van der Waals surface area contributed by atoms with Crippen LogP contribution in [0.4, 0.5) is 0 Å². The van der Waals surface area contributed by atoms with E-state index in [4.69, 9.17) is 0 Å². The van der Waals surface area contributed by atoms with Gasteiger partial charge in [0.15, 0.2) is 0 Å². The van der Waals surface area contributed by atoms with Crippen LogP contribution in [0.15, 0.2) is 23.1 Å². The maximum atomic E-state index is 11.9. The van der Waals surface area contributed by atoms with E-state index in [-0.39, 0.29) is 11.3 Å². The Morgan fingerprint density at radius 1 is 1.33 bits per heavy atom. The number of aryl methyl sites for hydroxylation is 1. The van der Waals surface area contributed by atoms with Crippen LogP contribution in [0.3, 0.4) is 0 Å². The van der Waals surface area contributed by atoms with Crippen molar-refractivity contribution in [1.29, 1.82) is 0 Å². The number of hydrogen-bond acceptors (Lipinski definition) is 4. The number of hydrogen-bond donors (Lipinski definition) is 2. The van der Waals surface area contributed by atoms with Gasteiger partial charge in [-0.15, -0.1) is 5.10 Å². The highest BCUT2D eigenvalue weighted by Crippen LogP contribution is 2.21. The number of rotatable bonds is 0. The number of aromatic nitrogens is 3. The minimum Gasteiger partial charge on any atom is -0.510 e. The van der Waals surface area contributed by atoms with Crippen LogP contribution in [0.5, 0.6) is 0 Å². The van der Waals surface area contributed by atoms with Crippen molar-refractivity contribution in [1.82, 2.24) is 15.2 Å². The second kappa shape index (κ2) is 3.53. The van der Waals surface area contributed by atoms with Gasteiger partial charge in [0.2, 0.25) is 0 Å². The summed E-state index contributed by atoms with van der Waals surface area (Å²) in [5.74, 6) is 0.158. The largest absolute Gasteiger partial charge is 0.510 e. The summed E-state index contributed by atoms with van der Waals surface area (Å²) >= 11 is 0. The zero-order valence-corrected chi connectivity index (χ0v) is 9.98. The van der Waals surface area contributed by atoms with Crippen LogP contribution in [0.2, 0.25) is 0 Å². The van der Waals surface area contributed by atoms with Crippen molar-refractivity contribution in [2.45, 2.75) is 13.8 Å². The van der Waals surface area contributed by atoms with Gasteiger partial charge in [0.25, 0.3) is 5.56 Å². The first-order valence-corrected chi connectivity index (χ1v) is 5.55. The van der Waals surface area contributed by atoms with Crippen LogP contribution >= 0.6 is 0 Å². The summed E-state index contributed by atoms with van der Waals surface area (Å²) in [5, 5.41) is 19.6. The monoisotopic (exact) mass is 241 g/mol. The van der Waals surface area contributed by atoms with E-state index >= 15 is 0 Å². The van der Waals surface area contributed by atoms with Crippen molar-refractivity contribution >= 4 is 27.4 Å². The first-order valence-electron chi connectivity index (χ1n) is 5.55. The van der Waals surface area contributed by atoms with Crippen LogP contribution in [-0.2, 0) is 0 Å². The van der Waals surface area contributed by atoms with Gasteiger partial charge in [-0.05, 0) is 31.5 Å². The fourth-order valence-electron chi connectivity index (χ4n) is 2.28. The summed E-state index contributed by atoms with van der Waals surface area (Å²) in [5.41, 5.74) is 1.40. The third kappa shape index (κ3) is 1.37. The highest BCUT2D eigenvalue weighted by atomic mass is 16.3. The number of H-pyrrole nitrogens is 1. The highest BCUT2D eigenvalue weighted by molar-refractivity contribution is 6.08. The molecule has 0 fully saturated rings. The van der Waals surface area contributed by atoms with E-state index in [1.54, 1.807) is 13.0 Å². The van der Waals surface area contributed by atoms with Gasteiger partial charge in [-0.2, -0.15) is 5.10 Å². The highest BCUT2D eigenvalue weighted by Gasteiger charge is 2.10. The molecule has 1 aromatic carbocycles. The van der Waals surface area contributed by atoms with E-state index in [0.29, 0.717) is 16.1 Å². The maximum absolute atomic E-state index is 11.9. The van der Waals surface area contributed by atoms with Gasteiger partial charge < -0.3 is 10.1 Å². The molecule has 2 N–H and O–H groups in total. The molecule has 3 aromatic rings. The van der Waals surface area contributed by atoms with Crippen LogP contribution in [0, 0.1) is 6.92 Å². The molecule has 5 heteroatoms. The number of benzene rings is 1. The van der Waals surface area contributed by atoms with Gasteiger partial charge in [0.05, 0.1) is 16.9 Å². The second-order valence-corrected chi connectivity index (χ2v) is 4.38. The Kier molecular flexibility index (Phi) is 2.10. The molecule has 3 rings (SSSR count). The Morgan fingerprint density at radius 3 is 2.83 bits per heavy atom. The molecule has 0 saturated heterocycles. The molecule has 2 aromatic heterocycles. The minimum atomic E-state index is -0.361. The molecule has 0 radical (unpaired) electrons. The van der Waals surface area contributed by atoms with Crippen molar-refractivity contribution in [3.8, 4) is 0 Å². The predicted octanol–water partition coefficient (Wildman–Crippen LogP) is 1.18. The standard InChI is InChI=1S/C13H11N3O2/c1-6-3-8-11-9(5-14-16-13(8)18)12(7(2)17)15-10(11)4-6/h3-5,15,17H,1-2H3. The number of aliphatic hydroxyl groups is 1. The van der Waals surface area contributed by atoms with Crippen molar-refractivity contribution < 1.29 is 5.11 Å². The van der Waals surface area contributed by atoms with Crippen LogP contribution in [0.25, 0.3) is 27.4 Å². The summed E-state index contributed by atoms with van der Waals surface area (Å²) in [6.07, 6.45) is 1.50. The Balaban J connectivity index is 2.81. The average Bonchev–Trinajstić information content (AvgIpc) is 2.58. The van der Waals surface area contributed by atoms with Crippen LogP contribution in [0.1, 0.15) is 12.5 Å². The Bertz CT molecular complexity index is 877. The summed E-state index contributed by atoms with van der Waals surface area (Å²) < 4.78 is 0. The molecule has 0 spiro atoms. The SMILES string of the molecule is CC(O)=c1[nH]c2cc(C)cc3c(=O)nncc1c23. The summed E-state index contributed by atoms with van der Waals surface area (Å²) in [7, 11) is 0. The lowest BCUT2D eigenvalue weighted by Gasteiger charge is -1.94. The molecular weight excluding hydrogens is 230 g/mol. The van der Waals surface area contributed by atoms with Crippen molar-refractivity contribution in [3.05, 3.63) is 39.6 Å². The van der Waals surface area contributed by atoms with Gasteiger partial charge >= 0.3 is 0 Å². The summed E-state index contributed by atoms with van der Waals surface area (Å²) in [6.45, 7) is 3.50. The molecule has 5 nitrogen and oxygen atoms in total. The predicted molar refractivity (Wildman–Crippen MR) is 69.3 cm³/mol. The zero-order chi connectivity index (χ0) is 12.9. The van der Waals surface area contributed by atoms with E-state index in [2.05, 4.69) is 15.2 Å². The van der Waals surface area contributed by atoms with Crippen molar-refractivity contribution in [2.24, 2.45) is 0 Å². The first-order chi connectivity index (χ1) is 8.58. The number of nitrogens with zero attached hydrogens (tertiary/aromatic N) is 2. The topological polar surface area (TPSA) is 78.9 Å². The molecule has 0 atom stereocenters. The van der Waals surface area contributed by atoms with Crippen molar-refractivity contribution in [3.63, 3.8) is 0 Å². The summed E-state index contributed by atoms with van der Waals surface area (Å²) in [4.78, 5) is 15.0. The Hall–Kier alpha value is -2.43. The second-order valence-electron chi connectivity index (χ2n) is 4.38. The lowest BCUT2D eigenvalue weighted by Crippen LogP contribution is -2.05. The van der Waals surface area contributed by atoms with Crippen molar-refractivity contribution in [2.75, 3.05) is 0 Å². The van der Waals surface area contributed by atoms with Gasteiger partial charge in [-0.3, -0.25) is 4.79 Å². The average molecular weight is 241 g/mol. The summed E-state index contributed by atoms with van der Waals surface area (Å²) in [6, 6.07) is 3.72. The van der Waals surface area contributed by atoms with E-state index in [1.807, 2.05) is 13.0 Å². The number of aromatic amines is 1. The molecule has 0 saturated carbocycles. The zero-order valence-electron chi connectivity index (χ0n) is 9.98. The quantitative estimate of drug-likeness (QED) is 0.619. The molecule has 0 bridgehead atoms. The van der Waals surface area contributed by atoms with E-state index in [9.17, 15) is 9.90 Å². The number of nitrogens with one attached hydrogen (secondary N) is 1. The third-order valence-electron chi connectivity index (χ3n) is 3.01. The molecule has 18 heavy (non-hydrogen) atoms. The fourth-order valence-corrected chi connectivity index (χ4v) is 2.28. The van der Waals surface area contributed by atoms with E-state index < -0.39 is 0 Å². The van der Waals surface area contributed by atoms with Gasteiger partial charge in [0, 0.05) is 16.3 Å². The minimum absolute atomic E-state index is 0.158. The van der Waals surface area contributed by atoms with Gasteiger partial charge in [-0.25, -0.2) is 0 Å². The Morgan fingerprint density at radius 2 is 2.11 bits per heavy atom. The normalized spacial score (nSPS) is 13.2. The maximum Gasteiger partial charge on any atom is 0.296 e. The molecule has 90 valence electrons. The Labute approximate surface area is 102 Å². The molecule has 0 aliphatic heterocycles. The molecule has 0 aliphatic carbocycles. The van der Waals surface area contributed by atoms with Gasteiger partial charge in [0.1, 0.15) is 5.76 Å². The lowest BCUT2D eigenvalue weighted by molar-refractivity contribution is 0.497. The van der Waals surface area contributed by atoms with E-state index in [0.717, 1.165) is 16.5 Å². The fraction of sp³-hybridized carbons (Fsp3) is 0.154. The number of aliphatic hydroxyl groups excluding tert-OH is 1. The third-order valence-corrected chi connectivity index (χ3v) is 3.01. The molecule has 2 heterocycles. The van der Waals surface area contributed by atoms with Gasteiger partial charge in [-0.1, -0.05) is 0 Å². The molecule has 0 aliphatic rings.